The molecule has 0 atom stereocenters. The highest BCUT2D eigenvalue weighted by atomic mass is 19.4. The third kappa shape index (κ3) is 4.72. The average molecular weight is 407 g/mol. The van der Waals surface area contributed by atoms with Crippen molar-refractivity contribution in [2.24, 2.45) is 0 Å². The van der Waals surface area contributed by atoms with Gasteiger partial charge in [-0.2, -0.15) is 13.2 Å². The molecule has 9 heteroatoms. The van der Waals surface area contributed by atoms with Crippen molar-refractivity contribution in [3.05, 3.63) is 53.6 Å². The molecule has 2 aromatic rings. The second-order valence-electron chi connectivity index (χ2n) is 7.03. The van der Waals surface area contributed by atoms with Crippen LogP contribution in [0.2, 0.25) is 0 Å². The molecule has 1 aromatic heterocycles. The second kappa shape index (κ2) is 8.18. The number of rotatable bonds is 7. The third-order valence-electron chi connectivity index (χ3n) is 5.18. The van der Waals surface area contributed by atoms with Crippen LogP contribution in [-0.4, -0.2) is 41.5 Å². The van der Waals surface area contributed by atoms with Gasteiger partial charge in [0.25, 0.3) is 0 Å². The van der Waals surface area contributed by atoms with E-state index in [0.29, 0.717) is 12.2 Å². The number of hydrogen-bond donors (Lipinski definition) is 1. The van der Waals surface area contributed by atoms with Crippen LogP contribution in [0.15, 0.2) is 36.7 Å². The molecule has 1 aliphatic carbocycles. The van der Waals surface area contributed by atoms with Crippen molar-refractivity contribution < 1.29 is 27.5 Å². The molecule has 1 fully saturated rings. The molecule has 0 spiro atoms. The van der Waals surface area contributed by atoms with E-state index in [4.69, 9.17) is 4.74 Å². The highest BCUT2D eigenvalue weighted by Crippen LogP contribution is 2.46. The van der Waals surface area contributed by atoms with Gasteiger partial charge in [0.1, 0.15) is 11.6 Å². The minimum absolute atomic E-state index is 0.0419. The van der Waals surface area contributed by atoms with E-state index in [1.165, 1.54) is 12.4 Å². The number of nitrogens with zero attached hydrogens (tertiary/aromatic N) is 2. The highest BCUT2D eigenvalue weighted by Gasteiger charge is 2.40. The molecule has 29 heavy (non-hydrogen) atoms. The molecular formula is C20H20F3N3O3. The quantitative estimate of drug-likeness (QED) is 0.714. The number of amides is 1. The number of Topliss-reactive ketones (excluding diaryl/α,β-unsaturated/α-hetero) is 1. The number of benzene rings is 1. The third-order valence-corrected chi connectivity index (χ3v) is 5.18. The summed E-state index contributed by atoms with van der Waals surface area (Å²) in [5.41, 5.74) is 1.09. The molecule has 154 valence electrons. The Labute approximate surface area is 165 Å². The lowest BCUT2D eigenvalue weighted by atomic mass is 9.62. The Morgan fingerprint density at radius 1 is 1.21 bits per heavy atom. The van der Waals surface area contributed by atoms with E-state index < -0.39 is 24.4 Å². The highest BCUT2D eigenvalue weighted by molar-refractivity contribution is 5.99. The topological polar surface area (TPSA) is 81.2 Å². The van der Waals surface area contributed by atoms with E-state index in [2.05, 4.69) is 9.97 Å². The normalized spacial score (nSPS) is 15.3. The minimum atomic E-state index is -5.03. The van der Waals surface area contributed by atoms with E-state index in [9.17, 15) is 22.8 Å². The van der Waals surface area contributed by atoms with Gasteiger partial charge in [-0.3, -0.25) is 9.59 Å². The first kappa shape index (κ1) is 20.8. The van der Waals surface area contributed by atoms with E-state index >= 15 is 0 Å². The van der Waals surface area contributed by atoms with Crippen molar-refractivity contribution >= 4 is 11.7 Å². The molecule has 0 saturated heterocycles. The average Bonchev–Trinajstić information content (AvgIpc) is 2.68. The largest absolute Gasteiger partial charge is 0.497 e. The number of methoxy groups -OCH3 is 1. The van der Waals surface area contributed by atoms with Crippen molar-refractivity contribution in [1.82, 2.24) is 15.3 Å². The fourth-order valence-corrected chi connectivity index (χ4v) is 3.38. The Balaban J connectivity index is 1.66. The van der Waals surface area contributed by atoms with Crippen LogP contribution in [0.1, 0.15) is 41.0 Å². The van der Waals surface area contributed by atoms with Crippen LogP contribution in [-0.2, 0) is 16.6 Å². The number of aromatic nitrogens is 2. The molecule has 0 bridgehead atoms. The van der Waals surface area contributed by atoms with Crippen molar-refractivity contribution in [3.63, 3.8) is 0 Å². The smallest absolute Gasteiger partial charge is 0.471 e. The maximum Gasteiger partial charge on any atom is 0.471 e. The van der Waals surface area contributed by atoms with E-state index in [-0.39, 0.29) is 11.0 Å². The lowest BCUT2D eigenvalue weighted by Gasteiger charge is -2.42. The first-order valence-electron chi connectivity index (χ1n) is 9.07. The van der Waals surface area contributed by atoms with Crippen LogP contribution < -0.4 is 10.1 Å². The fourth-order valence-electron chi connectivity index (χ4n) is 3.38. The molecule has 0 unspecified atom stereocenters. The van der Waals surface area contributed by atoms with Crippen LogP contribution in [0.25, 0.3) is 0 Å². The lowest BCUT2D eigenvalue weighted by molar-refractivity contribution is -0.173. The molecule has 1 amide bonds. The van der Waals surface area contributed by atoms with Gasteiger partial charge in [-0.05, 0) is 30.5 Å². The van der Waals surface area contributed by atoms with Gasteiger partial charge in [-0.25, -0.2) is 9.97 Å². The number of nitrogens with one attached hydrogen (secondary N) is 1. The van der Waals surface area contributed by atoms with Gasteiger partial charge in [0.05, 0.1) is 19.2 Å². The van der Waals surface area contributed by atoms with Crippen molar-refractivity contribution in [2.45, 2.75) is 37.3 Å². The summed E-state index contributed by atoms with van der Waals surface area (Å²) < 4.78 is 41.9. The molecule has 1 N–H and O–H groups in total. The number of carbonyl (C=O) groups excluding carboxylic acids is 2. The van der Waals surface area contributed by atoms with Crippen LogP contribution >= 0.6 is 0 Å². The summed E-state index contributed by atoms with van der Waals surface area (Å²) in [5.74, 6) is -1.53. The van der Waals surface area contributed by atoms with Crippen molar-refractivity contribution in [1.29, 1.82) is 0 Å². The Bertz CT molecular complexity index is 894. The number of alkyl halides is 3. The first-order valence-corrected chi connectivity index (χ1v) is 9.07. The van der Waals surface area contributed by atoms with Gasteiger partial charge in [-0.1, -0.05) is 18.6 Å². The van der Waals surface area contributed by atoms with Gasteiger partial charge in [-0.15, -0.1) is 0 Å². The molecule has 1 heterocycles. The van der Waals surface area contributed by atoms with Gasteiger partial charge < -0.3 is 10.1 Å². The number of ketones is 1. The predicted molar refractivity (Wildman–Crippen MR) is 97.7 cm³/mol. The zero-order chi connectivity index (χ0) is 21.1. The Morgan fingerprint density at radius 3 is 2.45 bits per heavy atom. The van der Waals surface area contributed by atoms with Crippen LogP contribution in [0.5, 0.6) is 5.75 Å². The molecule has 0 aliphatic heterocycles. The molecule has 1 saturated carbocycles. The fraction of sp³-hybridized carbons (Fsp3) is 0.400. The van der Waals surface area contributed by atoms with Gasteiger partial charge in [0, 0.05) is 24.2 Å². The summed E-state index contributed by atoms with van der Waals surface area (Å²) in [7, 11) is 1.61. The zero-order valence-corrected chi connectivity index (χ0v) is 15.8. The molecule has 3 rings (SSSR count). The van der Waals surface area contributed by atoms with Crippen molar-refractivity contribution in [3.8, 4) is 5.75 Å². The molecule has 1 aliphatic rings. The Kier molecular flexibility index (Phi) is 5.86. The summed E-state index contributed by atoms with van der Waals surface area (Å²) >= 11 is 0. The predicted octanol–water partition coefficient (Wildman–Crippen LogP) is 3.01. The number of hydrogen-bond acceptors (Lipinski definition) is 5. The van der Waals surface area contributed by atoms with Gasteiger partial charge in [0.15, 0.2) is 5.78 Å². The number of ether oxygens (including phenoxy) is 1. The van der Waals surface area contributed by atoms with E-state index in [0.717, 1.165) is 30.6 Å². The lowest BCUT2D eigenvalue weighted by Crippen LogP contribution is -2.39. The zero-order valence-electron chi connectivity index (χ0n) is 15.8. The standard InChI is InChI=1S/C20H20F3N3O3/c1-29-15-5-2-4-14(8-15)19(6-3-7-19)9-17-24-10-13(11-25-17)16(27)12-26-18(28)20(21,22)23/h2,4-5,8,10-11H,3,6-7,9,12H2,1H3,(H,26,28). The monoisotopic (exact) mass is 407 g/mol. The van der Waals surface area contributed by atoms with Crippen LogP contribution in [0.3, 0.4) is 0 Å². The second-order valence-corrected chi connectivity index (χ2v) is 7.03. The minimum Gasteiger partial charge on any atom is -0.497 e. The summed E-state index contributed by atoms with van der Waals surface area (Å²) in [6.07, 6.45) is 1.16. The SMILES string of the molecule is COc1cccc(C2(Cc3ncc(C(=O)CNC(=O)C(F)(F)F)cn3)CCC2)c1. The van der Waals surface area contributed by atoms with Crippen LogP contribution in [0, 0.1) is 0 Å². The summed E-state index contributed by atoms with van der Waals surface area (Å²) in [4.78, 5) is 31.2. The van der Waals surface area contributed by atoms with Gasteiger partial charge in [0.2, 0.25) is 0 Å². The Morgan fingerprint density at radius 2 is 1.90 bits per heavy atom. The maximum atomic E-state index is 12.2. The van der Waals surface area contributed by atoms with Gasteiger partial charge >= 0.3 is 12.1 Å². The van der Waals surface area contributed by atoms with E-state index in [1.54, 1.807) is 12.4 Å². The summed E-state index contributed by atoms with van der Waals surface area (Å²) in [6, 6.07) is 7.86. The maximum absolute atomic E-state index is 12.2. The summed E-state index contributed by atoms with van der Waals surface area (Å²) in [5, 5.41) is 1.54. The molecular weight excluding hydrogens is 387 g/mol. The first-order chi connectivity index (χ1) is 13.7. The molecule has 0 radical (unpaired) electrons. The molecule has 1 aromatic carbocycles. The number of halogens is 3. The Hall–Kier alpha value is -2.97. The van der Waals surface area contributed by atoms with Crippen LogP contribution in [0.4, 0.5) is 13.2 Å². The van der Waals surface area contributed by atoms with E-state index in [1.807, 2.05) is 24.3 Å². The summed E-state index contributed by atoms with van der Waals surface area (Å²) in [6.45, 7) is -0.769. The molecule has 6 nitrogen and oxygen atoms in total. The van der Waals surface area contributed by atoms with Crippen molar-refractivity contribution in [2.75, 3.05) is 13.7 Å². The number of carbonyl (C=O) groups is 2.